The first-order chi connectivity index (χ1) is 8.74. The van der Waals surface area contributed by atoms with E-state index in [4.69, 9.17) is 0 Å². The van der Waals surface area contributed by atoms with E-state index in [0.717, 1.165) is 24.9 Å². The standard InChI is InChI=1S/C15H22N2O.ClH/c1-3-8-17-14-7-6-11-4-5-12(15(18)16-2)9-13(11)10-14;/h4-5,9,14,17H,3,6-8,10H2,1-2H3,(H,16,18);1H. The molecule has 1 unspecified atom stereocenters. The average molecular weight is 283 g/mol. The van der Waals surface area contributed by atoms with Crippen molar-refractivity contribution in [2.45, 2.75) is 38.6 Å². The first kappa shape index (κ1) is 16.0. The smallest absolute Gasteiger partial charge is 0.251 e. The molecule has 0 bridgehead atoms. The predicted molar refractivity (Wildman–Crippen MR) is 81.2 cm³/mol. The van der Waals surface area contributed by atoms with Crippen molar-refractivity contribution >= 4 is 18.3 Å². The van der Waals surface area contributed by atoms with Crippen LogP contribution in [0.3, 0.4) is 0 Å². The number of aryl methyl sites for hydroxylation is 1. The molecular weight excluding hydrogens is 260 g/mol. The maximum absolute atomic E-state index is 11.6. The molecule has 0 saturated heterocycles. The first-order valence-corrected chi connectivity index (χ1v) is 6.82. The van der Waals surface area contributed by atoms with Gasteiger partial charge in [0.1, 0.15) is 0 Å². The number of hydrogen-bond donors (Lipinski definition) is 2. The second kappa shape index (κ2) is 7.51. The van der Waals surface area contributed by atoms with E-state index in [0.29, 0.717) is 6.04 Å². The van der Waals surface area contributed by atoms with Crippen molar-refractivity contribution in [2.24, 2.45) is 0 Å². The molecule has 3 nitrogen and oxygen atoms in total. The summed E-state index contributed by atoms with van der Waals surface area (Å²) in [7, 11) is 1.67. The van der Waals surface area contributed by atoms with Crippen molar-refractivity contribution < 1.29 is 4.79 Å². The lowest BCUT2D eigenvalue weighted by Crippen LogP contribution is -2.35. The molecule has 0 heterocycles. The van der Waals surface area contributed by atoms with Crippen LogP contribution in [-0.4, -0.2) is 25.5 Å². The van der Waals surface area contributed by atoms with Gasteiger partial charge in [-0.15, -0.1) is 12.4 Å². The zero-order chi connectivity index (χ0) is 13.0. The Hall–Kier alpha value is -1.06. The lowest BCUT2D eigenvalue weighted by atomic mass is 9.87. The summed E-state index contributed by atoms with van der Waals surface area (Å²) in [6, 6.07) is 6.65. The molecule has 0 spiro atoms. The minimum atomic E-state index is 0. The predicted octanol–water partition coefficient (Wildman–Crippen LogP) is 2.32. The van der Waals surface area contributed by atoms with Crippen LogP contribution in [0.2, 0.25) is 0 Å². The molecule has 1 atom stereocenters. The van der Waals surface area contributed by atoms with Gasteiger partial charge in [0.15, 0.2) is 0 Å². The lowest BCUT2D eigenvalue weighted by molar-refractivity contribution is 0.0963. The van der Waals surface area contributed by atoms with E-state index in [9.17, 15) is 4.79 Å². The molecular formula is C15H23ClN2O. The highest BCUT2D eigenvalue weighted by molar-refractivity contribution is 5.94. The van der Waals surface area contributed by atoms with Crippen LogP contribution in [0.5, 0.6) is 0 Å². The molecule has 0 aliphatic heterocycles. The van der Waals surface area contributed by atoms with E-state index in [1.54, 1.807) is 7.05 Å². The largest absolute Gasteiger partial charge is 0.355 e. The Morgan fingerprint density at radius 1 is 1.37 bits per heavy atom. The zero-order valence-electron chi connectivity index (χ0n) is 11.7. The van der Waals surface area contributed by atoms with Crippen molar-refractivity contribution in [3.8, 4) is 0 Å². The molecule has 0 aromatic heterocycles. The van der Waals surface area contributed by atoms with E-state index < -0.39 is 0 Å². The summed E-state index contributed by atoms with van der Waals surface area (Å²) in [6.45, 7) is 3.27. The Kier molecular flexibility index (Phi) is 6.32. The molecule has 2 N–H and O–H groups in total. The molecule has 0 saturated carbocycles. The molecule has 2 rings (SSSR count). The highest BCUT2D eigenvalue weighted by Gasteiger charge is 2.19. The number of amides is 1. The van der Waals surface area contributed by atoms with E-state index in [1.165, 1.54) is 24.0 Å². The molecule has 106 valence electrons. The number of hydrogen-bond acceptors (Lipinski definition) is 2. The Morgan fingerprint density at radius 2 is 2.16 bits per heavy atom. The number of carbonyl (C=O) groups is 1. The van der Waals surface area contributed by atoms with E-state index in [-0.39, 0.29) is 18.3 Å². The molecule has 1 aliphatic rings. The number of carbonyl (C=O) groups excluding carboxylic acids is 1. The van der Waals surface area contributed by atoms with Gasteiger partial charge in [-0.3, -0.25) is 4.79 Å². The van der Waals surface area contributed by atoms with Gasteiger partial charge in [-0.25, -0.2) is 0 Å². The lowest BCUT2D eigenvalue weighted by Gasteiger charge is -2.26. The summed E-state index contributed by atoms with van der Waals surface area (Å²) >= 11 is 0. The van der Waals surface area contributed by atoms with Crippen LogP contribution < -0.4 is 10.6 Å². The molecule has 19 heavy (non-hydrogen) atoms. The topological polar surface area (TPSA) is 41.1 Å². The van der Waals surface area contributed by atoms with Gasteiger partial charge in [-0.1, -0.05) is 13.0 Å². The van der Waals surface area contributed by atoms with Crippen LogP contribution in [0.25, 0.3) is 0 Å². The van der Waals surface area contributed by atoms with Gasteiger partial charge >= 0.3 is 0 Å². The summed E-state index contributed by atoms with van der Waals surface area (Å²) in [5, 5.41) is 6.25. The van der Waals surface area contributed by atoms with Crippen LogP contribution in [0.4, 0.5) is 0 Å². The van der Waals surface area contributed by atoms with Crippen molar-refractivity contribution in [1.82, 2.24) is 10.6 Å². The van der Waals surface area contributed by atoms with Gasteiger partial charge in [-0.2, -0.15) is 0 Å². The number of halogens is 1. The maximum Gasteiger partial charge on any atom is 0.251 e. The van der Waals surface area contributed by atoms with Crippen LogP contribution in [0.15, 0.2) is 18.2 Å². The Morgan fingerprint density at radius 3 is 2.84 bits per heavy atom. The summed E-state index contributed by atoms with van der Waals surface area (Å²) in [4.78, 5) is 11.6. The highest BCUT2D eigenvalue weighted by atomic mass is 35.5. The van der Waals surface area contributed by atoms with Gasteiger partial charge in [0.2, 0.25) is 0 Å². The first-order valence-electron chi connectivity index (χ1n) is 6.82. The summed E-state index contributed by atoms with van der Waals surface area (Å²) in [5.41, 5.74) is 3.50. The van der Waals surface area contributed by atoms with Crippen LogP contribution in [-0.2, 0) is 12.8 Å². The maximum atomic E-state index is 11.6. The quantitative estimate of drug-likeness (QED) is 0.890. The van der Waals surface area contributed by atoms with Crippen LogP contribution in [0.1, 0.15) is 41.3 Å². The molecule has 1 aliphatic carbocycles. The normalized spacial score (nSPS) is 17.3. The molecule has 0 radical (unpaired) electrons. The van der Waals surface area contributed by atoms with Crippen LogP contribution >= 0.6 is 12.4 Å². The van der Waals surface area contributed by atoms with Gasteiger partial charge in [-0.05, 0) is 55.5 Å². The van der Waals surface area contributed by atoms with Crippen LogP contribution in [0, 0.1) is 0 Å². The zero-order valence-corrected chi connectivity index (χ0v) is 12.5. The third-order valence-electron chi connectivity index (χ3n) is 3.61. The number of nitrogens with one attached hydrogen (secondary N) is 2. The average Bonchev–Trinajstić information content (AvgIpc) is 2.43. The van der Waals surface area contributed by atoms with Crippen molar-refractivity contribution in [1.29, 1.82) is 0 Å². The van der Waals surface area contributed by atoms with E-state index in [1.807, 2.05) is 12.1 Å². The Balaban J connectivity index is 0.00000180. The molecule has 1 amide bonds. The van der Waals surface area contributed by atoms with Gasteiger partial charge in [0, 0.05) is 18.7 Å². The van der Waals surface area contributed by atoms with E-state index >= 15 is 0 Å². The fraction of sp³-hybridized carbons (Fsp3) is 0.533. The van der Waals surface area contributed by atoms with Crippen molar-refractivity contribution in [2.75, 3.05) is 13.6 Å². The Bertz CT molecular complexity index is 434. The second-order valence-corrected chi connectivity index (χ2v) is 4.96. The van der Waals surface area contributed by atoms with Crippen molar-refractivity contribution in [3.63, 3.8) is 0 Å². The third-order valence-corrected chi connectivity index (χ3v) is 3.61. The van der Waals surface area contributed by atoms with Crippen molar-refractivity contribution in [3.05, 3.63) is 34.9 Å². The van der Waals surface area contributed by atoms with Gasteiger partial charge in [0.25, 0.3) is 5.91 Å². The molecule has 1 aromatic carbocycles. The third kappa shape index (κ3) is 3.95. The highest BCUT2D eigenvalue weighted by Crippen LogP contribution is 2.22. The minimum absolute atomic E-state index is 0. The van der Waals surface area contributed by atoms with Gasteiger partial charge in [0.05, 0.1) is 0 Å². The van der Waals surface area contributed by atoms with E-state index in [2.05, 4.69) is 23.6 Å². The fourth-order valence-corrected chi connectivity index (χ4v) is 2.57. The molecule has 1 aromatic rings. The number of benzene rings is 1. The summed E-state index contributed by atoms with van der Waals surface area (Å²) in [5.74, 6) is 0.00133. The molecule has 0 fully saturated rings. The monoisotopic (exact) mass is 282 g/mol. The van der Waals surface area contributed by atoms with Gasteiger partial charge < -0.3 is 10.6 Å². The minimum Gasteiger partial charge on any atom is -0.355 e. The fourth-order valence-electron chi connectivity index (χ4n) is 2.57. The Labute approximate surface area is 121 Å². The number of rotatable bonds is 4. The summed E-state index contributed by atoms with van der Waals surface area (Å²) < 4.78 is 0. The SMILES string of the molecule is CCCNC1CCc2ccc(C(=O)NC)cc2C1.Cl. The number of fused-ring (bicyclic) bond motifs is 1. The second-order valence-electron chi connectivity index (χ2n) is 4.96. The summed E-state index contributed by atoms with van der Waals surface area (Å²) in [6.07, 6.45) is 4.53. The molecule has 4 heteroatoms.